The van der Waals surface area contributed by atoms with Gasteiger partial charge in [0.2, 0.25) is 0 Å². The summed E-state index contributed by atoms with van der Waals surface area (Å²) in [5.74, 6) is 0. The molecule has 19 heavy (non-hydrogen) atoms. The lowest BCUT2D eigenvalue weighted by molar-refractivity contribution is 0.136. The summed E-state index contributed by atoms with van der Waals surface area (Å²) in [6.07, 6.45) is -0.660. The third kappa shape index (κ3) is 20.2. The molecule has 7 nitrogen and oxygen atoms in total. The summed E-state index contributed by atoms with van der Waals surface area (Å²) in [6, 6.07) is 0. The summed E-state index contributed by atoms with van der Waals surface area (Å²) < 4.78 is 0. The summed E-state index contributed by atoms with van der Waals surface area (Å²) in [6.45, 7) is 6.25. The molecule has 0 spiro atoms. The number of nitrogens with zero attached hydrogens (tertiary/aromatic N) is 1. The van der Waals surface area contributed by atoms with Crippen molar-refractivity contribution < 1.29 is 25.5 Å². The summed E-state index contributed by atoms with van der Waals surface area (Å²) >= 11 is 0. The average Bonchev–Trinajstić information content (AvgIpc) is 2.30. The molecule has 0 aliphatic heterocycles. The first-order valence-corrected chi connectivity index (χ1v) is 6.59. The average molecular weight is 282 g/mol. The van der Waals surface area contributed by atoms with Crippen molar-refractivity contribution in [3.8, 4) is 0 Å². The minimum absolute atomic E-state index is 0.0694. The van der Waals surface area contributed by atoms with Crippen molar-refractivity contribution >= 4 is 0 Å². The molecule has 0 aliphatic carbocycles. The molecule has 0 heterocycles. The first kappa shape index (κ1) is 21.0. The molecule has 2 atom stereocenters. The maximum Gasteiger partial charge on any atom is 0.0636 e. The van der Waals surface area contributed by atoms with Gasteiger partial charge in [-0.3, -0.25) is 4.90 Å². The molecule has 0 aromatic carbocycles. The Balaban J connectivity index is 0. The number of nitrogens with one attached hydrogen (secondary N) is 1. The van der Waals surface area contributed by atoms with Crippen LogP contribution in [0, 0.1) is 0 Å². The van der Waals surface area contributed by atoms with E-state index >= 15 is 0 Å². The second-order valence-electron chi connectivity index (χ2n) is 4.37. The zero-order valence-electron chi connectivity index (χ0n) is 12.0. The Kier molecular flexibility index (Phi) is 17.5. The first-order valence-electron chi connectivity index (χ1n) is 6.59. The maximum atomic E-state index is 8.72. The predicted molar refractivity (Wildman–Crippen MR) is 73.9 cm³/mol. The monoisotopic (exact) mass is 282 g/mol. The third-order valence-electron chi connectivity index (χ3n) is 2.13. The summed E-state index contributed by atoms with van der Waals surface area (Å²) in [7, 11) is 0. The zero-order valence-corrected chi connectivity index (χ0v) is 12.0. The molecule has 118 valence electrons. The molecule has 0 rings (SSSR count). The lowest BCUT2D eigenvalue weighted by Crippen LogP contribution is -2.32. The van der Waals surface area contributed by atoms with E-state index in [2.05, 4.69) is 5.32 Å². The first-order chi connectivity index (χ1) is 8.97. The van der Waals surface area contributed by atoms with E-state index in [0.29, 0.717) is 32.7 Å². The molecule has 7 heteroatoms. The zero-order chi connectivity index (χ0) is 15.1. The number of aliphatic hydroxyl groups is 5. The SMILES string of the molecule is CC(O)CNCC(C)O.OCCN(CCO)CCO. The van der Waals surface area contributed by atoms with Crippen molar-refractivity contribution in [2.24, 2.45) is 0 Å². The van der Waals surface area contributed by atoms with Gasteiger partial charge >= 0.3 is 0 Å². The Morgan fingerprint density at radius 3 is 1.32 bits per heavy atom. The van der Waals surface area contributed by atoms with Crippen molar-refractivity contribution in [3.63, 3.8) is 0 Å². The van der Waals surface area contributed by atoms with E-state index in [4.69, 9.17) is 25.5 Å². The van der Waals surface area contributed by atoms with Gasteiger partial charge in [-0.1, -0.05) is 0 Å². The van der Waals surface area contributed by atoms with Gasteiger partial charge in [0.15, 0.2) is 0 Å². The molecule has 0 radical (unpaired) electrons. The van der Waals surface area contributed by atoms with Gasteiger partial charge in [-0.05, 0) is 13.8 Å². The van der Waals surface area contributed by atoms with Gasteiger partial charge in [0.25, 0.3) is 0 Å². The molecule has 0 amide bonds. The van der Waals surface area contributed by atoms with E-state index in [1.807, 2.05) is 0 Å². The molecule has 0 bridgehead atoms. The summed E-state index contributed by atoms with van der Waals surface area (Å²) in [4.78, 5) is 1.79. The van der Waals surface area contributed by atoms with Crippen LogP contribution in [0.1, 0.15) is 13.8 Å². The molecule has 6 N–H and O–H groups in total. The van der Waals surface area contributed by atoms with Crippen LogP contribution in [0.25, 0.3) is 0 Å². The van der Waals surface area contributed by atoms with Gasteiger partial charge in [0.1, 0.15) is 0 Å². The van der Waals surface area contributed by atoms with E-state index in [9.17, 15) is 0 Å². The Labute approximate surface area is 115 Å². The highest BCUT2D eigenvalue weighted by Crippen LogP contribution is 1.84. The fourth-order valence-corrected chi connectivity index (χ4v) is 1.26. The Hall–Kier alpha value is -0.280. The molecular weight excluding hydrogens is 252 g/mol. The largest absolute Gasteiger partial charge is 0.395 e. The van der Waals surface area contributed by atoms with Gasteiger partial charge in [0, 0.05) is 32.7 Å². The van der Waals surface area contributed by atoms with Crippen molar-refractivity contribution in [3.05, 3.63) is 0 Å². The highest BCUT2D eigenvalue weighted by atomic mass is 16.3. The molecule has 0 aliphatic rings. The summed E-state index contributed by atoms with van der Waals surface area (Å²) in [5, 5.41) is 45.8. The van der Waals surface area contributed by atoms with E-state index in [-0.39, 0.29) is 32.0 Å². The Morgan fingerprint density at radius 2 is 1.11 bits per heavy atom. The molecule has 2 unspecified atom stereocenters. The van der Waals surface area contributed by atoms with Crippen molar-refractivity contribution in [1.29, 1.82) is 0 Å². The van der Waals surface area contributed by atoms with Crippen LogP contribution in [0.3, 0.4) is 0 Å². The Morgan fingerprint density at radius 1 is 0.789 bits per heavy atom. The topological polar surface area (TPSA) is 116 Å². The van der Waals surface area contributed by atoms with Gasteiger partial charge in [0.05, 0.1) is 32.0 Å². The van der Waals surface area contributed by atoms with Crippen LogP contribution in [0.2, 0.25) is 0 Å². The standard InChI is InChI=1S/C6H15NO3.C6H15NO2/c8-4-1-7(2-5-9)3-6-10;1-5(8)3-7-4-6(2)9/h8-10H,1-6H2;5-9H,3-4H2,1-2H3. The van der Waals surface area contributed by atoms with E-state index in [0.717, 1.165) is 0 Å². The lowest BCUT2D eigenvalue weighted by atomic mass is 10.3. The lowest BCUT2D eigenvalue weighted by Gasteiger charge is -2.17. The minimum atomic E-state index is -0.330. The van der Waals surface area contributed by atoms with E-state index < -0.39 is 0 Å². The van der Waals surface area contributed by atoms with Crippen LogP contribution >= 0.6 is 0 Å². The maximum absolute atomic E-state index is 8.72. The van der Waals surface area contributed by atoms with Gasteiger partial charge in [-0.25, -0.2) is 0 Å². The van der Waals surface area contributed by atoms with Crippen LogP contribution in [-0.2, 0) is 0 Å². The van der Waals surface area contributed by atoms with Crippen molar-refractivity contribution in [2.75, 3.05) is 52.5 Å². The van der Waals surface area contributed by atoms with E-state index in [1.54, 1.807) is 18.7 Å². The van der Waals surface area contributed by atoms with Crippen LogP contribution in [0.15, 0.2) is 0 Å². The van der Waals surface area contributed by atoms with Crippen LogP contribution in [-0.4, -0.2) is 95.2 Å². The second-order valence-corrected chi connectivity index (χ2v) is 4.37. The smallest absolute Gasteiger partial charge is 0.0636 e. The van der Waals surface area contributed by atoms with Crippen molar-refractivity contribution in [1.82, 2.24) is 10.2 Å². The van der Waals surface area contributed by atoms with Crippen molar-refractivity contribution in [2.45, 2.75) is 26.1 Å². The summed E-state index contributed by atoms with van der Waals surface area (Å²) in [5.41, 5.74) is 0. The van der Waals surface area contributed by atoms with Crippen LogP contribution in [0.5, 0.6) is 0 Å². The normalized spacial score (nSPS) is 13.9. The van der Waals surface area contributed by atoms with Gasteiger partial charge in [-0.2, -0.15) is 0 Å². The second kappa shape index (κ2) is 15.8. The van der Waals surface area contributed by atoms with Crippen LogP contribution in [0.4, 0.5) is 0 Å². The highest BCUT2D eigenvalue weighted by molar-refractivity contribution is 4.55. The van der Waals surface area contributed by atoms with Crippen LogP contribution < -0.4 is 5.32 Å². The number of aliphatic hydroxyl groups excluding tert-OH is 5. The predicted octanol–water partition coefficient (Wildman–Crippen LogP) is -2.40. The highest BCUT2D eigenvalue weighted by Gasteiger charge is 2.00. The number of hydrogen-bond donors (Lipinski definition) is 6. The van der Waals surface area contributed by atoms with E-state index in [1.165, 1.54) is 0 Å². The fourth-order valence-electron chi connectivity index (χ4n) is 1.26. The molecular formula is C12H30N2O5. The number of rotatable bonds is 10. The molecule has 0 aromatic rings. The number of hydrogen-bond acceptors (Lipinski definition) is 7. The molecule has 0 aromatic heterocycles. The van der Waals surface area contributed by atoms with Gasteiger partial charge in [-0.15, -0.1) is 0 Å². The van der Waals surface area contributed by atoms with Gasteiger partial charge < -0.3 is 30.8 Å². The molecule has 0 fully saturated rings. The fraction of sp³-hybridized carbons (Fsp3) is 1.00. The third-order valence-corrected chi connectivity index (χ3v) is 2.13. The molecule has 0 saturated carbocycles. The molecule has 0 saturated heterocycles. The Bertz CT molecular complexity index is 148. The minimum Gasteiger partial charge on any atom is -0.395 e. The quantitative estimate of drug-likeness (QED) is 0.265.